The molecular formula is C12H17F3O. The average molecular weight is 234 g/mol. The maximum absolute atomic E-state index is 12.6. The van der Waals surface area contributed by atoms with E-state index in [9.17, 15) is 18.0 Å². The van der Waals surface area contributed by atoms with E-state index < -0.39 is 17.9 Å². The van der Waals surface area contributed by atoms with E-state index in [1.165, 1.54) is 6.08 Å². The molecule has 92 valence electrons. The second kappa shape index (κ2) is 5.51. The van der Waals surface area contributed by atoms with Crippen LogP contribution >= 0.6 is 0 Å². The summed E-state index contributed by atoms with van der Waals surface area (Å²) in [5.74, 6) is -2.86. The van der Waals surface area contributed by atoms with Gasteiger partial charge >= 0.3 is 6.18 Å². The Labute approximate surface area is 93.7 Å². The zero-order chi connectivity index (χ0) is 12.2. The normalized spacial score (nSPS) is 20.4. The number of hydrogen-bond acceptors (Lipinski definition) is 1. The Morgan fingerprint density at radius 1 is 1.31 bits per heavy atom. The van der Waals surface area contributed by atoms with Crippen molar-refractivity contribution in [1.82, 2.24) is 0 Å². The fraction of sp³-hybridized carbons (Fsp3) is 0.750. The third-order valence-corrected chi connectivity index (χ3v) is 3.15. The highest BCUT2D eigenvalue weighted by atomic mass is 19.4. The van der Waals surface area contributed by atoms with Gasteiger partial charge in [-0.3, -0.25) is 4.79 Å². The zero-order valence-electron chi connectivity index (χ0n) is 9.22. The number of alkyl halides is 3. The number of halogens is 3. The number of rotatable bonds is 4. The molecule has 1 aliphatic rings. The molecule has 0 heterocycles. The number of carbonyl (C=O) groups is 1. The van der Waals surface area contributed by atoms with Gasteiger partial charge in [0, 0.05) is 5.92 Å². The molecule has 0 N–H and O–H groups in total. The number of hydrogen-bond donors (Lipinski definition) is 0. The van der Waals surface area contributed by atoms with Crippen LogP contribution in [0, 0.1) is 11.8 Å². The van der Waals surface area contributed by atoms with Gasteiger partial charge in [0.15, 0.2) is 0 Å². The first-order valence-corrected chi connectivity index (χ1v) is 5.68. The van der Waals surface area contributed by atoms with Crippen LogP contribution in [0.25, 0.3) is 0 Å². The smallest absolute Gasteiger partial charge is 0.299 e. The first kappa shape index (κ1) is 13.3. The van der Waals surface area contributed by atoms with Crippen LogP contribution < -0.4 is 0 Å². The average Bonchev–Trinajstić information content (AvgIpc) is 2.25. The summed E-state index contributed by atoms with van der Waals surface area (Å²) < 4.78 is 37.9. The molecule has 1 saturated carbocycles. The lowest BCUT2D eigenvalue weighted by Gasteiger charge is -2.26. The molecular weight excluding hydrogens is 217 g/mol. The molecule has 0 spiro atoms. The number of allylic oxidation sites excluding steroid dienone is 1. The van der Waals surface area contributed by atoms with E-state index in [-0.39, 0.29) is 12.3 Å². The van der Waals surface area contributed by atoms with Gasteiger partial charge < -0.3 is 0 Å². The minimum atomic E-state index is -4.43. The van der Waals surface area contributed by atoms with Gasteiger partial charge in [0.2, 0.25) is 0 Å². The number of ketones is 1. The summed E-state index contributed by atoms with van der Waals surface area (Å²) in [6.07, 6.45) is 0.456. The maximum atomic E-state index is 12.6. The second-order valence-corrected chi connectivity index (χ2v) is 4.36. The fourth-order valence-corrected chi connectivity index (χ4v) is 2.25. The van der Waals surface area contributed by atoms with Crippen molar-refractivity contribution >= 4 is 5.78 Å². The van der Waals surface area contributed by atoms with Crippen LogP contribution in [0.15, 0.2) is 12.7 Å². The quantitative estimate of drug-likeness (QED) is 0.674. The Kier molecular flexibility index (Phi) is 4.56. The third kappa shape index (κ3) is 3.35. The molecule has 16 heavy (non-hydrogen) atoms. The summed E-state index contributed by atoms with van der Waals surface area (Å²) in [5, 5.41) is 0. The first-order chi connectivity index (χ1) is 7.46. The minimum Gasteiger partial charge on any atom is -0.299 e. The summed E-state index contributed by atoms with van der Waals surface area (Å²) in [4.78, 5) is 11.8. The van der Waals surface area contributed by atoms with Crippen LogP contribution in [0.4, 0.5) is 13.2 Å². The highest BCUT2D eigenvalue weighted by Gasteiger charge is 2.45. The molecule has 0 aliphatic heterocycles. The lowest BCUT2D eigenvalue weighted by Crippen LogP contribution is -2.35. The van der Waals surface area contributed by atoms with Crippen molar-refractivity contribution in [2.24, 2.45) is 11.8 Å². The van der Waals surface area contributed by atoms with Crippen molar-refractivity contribution in [2.75, 3.05) is 0 Å². The molecule has 0 bridgehead atoms. The van der Waals surface area contributed by atoms with Gasteiger partial charge in [0.05, 0.1) is 0 Å². The van der Waals surface area contributed by atoms with Gasteiger partial charge in [-0.1, -0.05) is 25.3 Å². The van der Waals surface area contributed by atoms with Crippen molar-refractivity contribution in [3.05, 3.63) is 12.7 Å². The van der Waals surface area contributed by atoms with Gasteiger partial charge in [-0.15, -0.1) is 6.58 Å². The summed E-state index contributed by atoms with van der Waals surface area (Å²) in [6, 6.07) is 0. The molecule has 1 atom stereocenters. The lowest BCUT2D eigenvalue weighted by molar-refractivity contribution is -0.183. The Morgan fingerprint density at radius 3 is 2.31 bits per heavy atom. The van der Waals surface area contributed by atoms with Crippen molar-refractivity contribution < 1.29 is 18.0 Å². The predicted molar refractivity (Wildman–Crippen MR) is 55.9 cm³/mol. The van der Waals surface area contributed by atoms with E-state index in [2.05, 4.69) is 6.58 Å². The van der Waals surface area contributed by atoms with Gasteiger partial charge in [-0.05, 0) is 19.3 Å². The summed E-state index contributed by atoms with van der Waals surface area (Å²) in [7, 11) is 0. The Hall–Kier alpha value is -0.800. The predicted octanol–water partition coefficient (Wildman–Crippen LogP) is 3.89. The molecule has 0 amide bonds. The molecule has 0 aromatic carbocycles. The van der Waals surface area contributed by atoms with Crippen LogP contribution in [0.5, 0.6) is 0 Å². The molecule has 0 aromatic heterocycles. The fourth-order valence-electron chi connectivity index (χ4n) is 2.25. The molecule has 1 rings (SSSR count). The number of Topliss-reactive ketones (excluding diaryl/α,β-unsaturated/α-hetero) is 1. The van der Waals surface area contributed by atoms with E-state index in [1.54, 1.807) is 0 Å². The Morgan fingerprint density at radius 2 is 1.88 bits per heavy atom. The van der Waals surface area contributed by atoms with Gasteiger partial charge in [-0.25, -0.2) is 0 Å². The minimum absolute atomic E-state index is 0.293. The van der Waals surface area contributed by atoms with Crippen LogP contribution in [-0.2, 0) is 4.79 Å². The molecule has 1 unspecified atom stereocenters. The molecule has 1 fully saturated rings. The number of carbonyl (C=O) groups excluding carboxylic acids is 1. The standard InChI is InChI=1S/C12H17F3O/c1-2-6-10(12(13,14)15)11(16)9-7-4-3-5-8-9/h2,9-10H,1,3-8H2. The van der Waals surface area contributed by atoms with E-state index in [4.69, 9.17) is 0 Å². The summed E-state index contributed by atoms with van der Waals surface area (Å²) in [5.41, 5.74) is 0. The monoisotopic (exact) mass is 234 g/mol. The van der Waals surface area contributed by atoms with Crippen LogP contribution in [0.1, 0.15) is 38.5 Å². The molecule has 1 aliphatic carbocycles. The molecule has 0 aromatic rings. The molecule has 0 saturated heterocycles. The van der Waals surface area contributed by atoms with E-state index >= 15 is 0 Å². The Bertz CT molecular complexity index is 251. The molecule has 4 heteroatoms. The SMILES string of the molecule is C=CCC(C(=O)C1CCCCC1)C(F)(F)F. The highest BCUT2D eigenvalue weighted by Crippen LogP contribution is 2.35. The topological polar surface area (TPSA) is 17.1 Å². The van der Waals surface area contributed by atoms with Gasteiger partial charge in [0.1, 0.15) is 11.7 Å². The Balaban J connectivity index is 2.69. The van der Waals surface area contributed by atoms with Crippen molar-refractivity contribution in [3.8, 4) is 0 Å². The van der Waals surface area contributed by atoms with Crippen molar-refractivity contribution in [1.29, 1.82) is 0 Å². The van der Waals surface area contributed by atoms with E-state index in [0.717, 1.165) is 19.3 Å². The first-order valence-electron chi connectivity index (χ1n) is 5.68. The van der Waals surface area contributed by atoms with Gasteiger partial charge in [0.25, 0.3) is 0 Å². The highest BCUT2D eigenvalue weighted by molar-refractivity contribution is 5.84. The van der Waals surface area contributed by atoms with Crippen LogP contribution in [-0.4, -0.2) is 12.0 Å². The summed E-state index contributed by atoms with van der Waals surface area (Å²) in [6.45, 7) is 3.29. The zero-order valence-corrected chi connectivity index (χ0v) is 9.22. The van der Waals surface area contributed by atoms with E-state index in [1.807, 2.05) is 0 Å². The summed E-state index contributed by atoms with van der Waals surface area (Å²) >= 11 is 0. The van der Waals surface area contributed by atoms with Crippen LogP contribution in [0.3, 0.4) is 0 Å². The molecule has 0 radical (unpaired) electrons. The third-order valence-electron chi connectivity index (χ3n) is 3.15. The lowest BCUT2D eigenvalue weighted by atomic mass is 9.80. The second-order valence-electron chi connectivity index (χ2n) is 4.36. The van der Waals surface area contributed by atoms with Gasteiger partial charge in [-0.2, -0.15) is 13.2 Å². The van der Waals surface area contributed by atoms with Crippen molar-refractivity contribution in [3.63, 3.8) is 0 Å². The maximum Gasteiger partial charge on any atom is 0.398 e. The largest absolute Gasteiger partial charge is 0.398 e. The van der Waals surface area contributed by atoms with Crippen LogP contribution in [0.2, 0.25) is 0 Å². The van der Waals surface area contributed by atoms with E-state index in [0.29, 0.717) is 12.8 Å². The molecule has 1 nitrogen and oxygen atoms in total. The van der Waals surface area contributed by atoms with Crippen molar-refractivity contribution in [2.45, 2.75) is 44.7 Å².